The molecule has 0 N–H and O–H groups in total. The number of carbonyl (C=O) groups is 1. The Bertz CT molecular complexity index is 714. The van der Waals surface area contributed by atoms with Gasteiger partial charge in [0.1, 0.15) is 0 Å². The number of likely N-dealkylation sites (tertiary alicyclic amines) is 1. The second kappa shape index (κ2) is 6.43. The molecule has 2 aliphatic heterocycles. The fourth-order valence-electron chi connectivity index (χ4n) is 3.83. The van der Waals surface area contributed by atoms with E-state index in [2.05, 4.69) is 16.9 Å². The zero-order chi connectivity index (χ0) is 16.5. The molecule has 128 valence electrons. The zero-order valence-electron chi connectivity index (χ0n) is 14.2. The lowest BCUT2D eigenvalue weighted by molar-refractivity contribution is 0.0783. The van der Waals surface area contributed by atoms with Gasteiger partial charge in [-0.25, -0.2) is 0 Å². The van der Waals surface area contributed by atoms with E-state index in [4.69, 9.17) is 4.42 Å². The number of rotatable bonds is 4. The third-order valence-electron chi connectivity index (χ3n) is 5.09. The first-order chi connectivity index (χ1) is 11.8. The molecule has 0 aliphatic carbocycles. The molecule has 2 aromatic rings. The van der Waals surface area contributed by atoms with Gasteiger partial charge in [-0.1, -0.05) is 0 Å². The van der Waals surface area contributed by atoms with Crippen LogP contribution in [0, 0.1) is 0 Å². The minimum absolute atomic E-state index is 0.112. The molecule has 0 saturated carbocycles. The van der Waals surface area contributed by atoms with Gasteiger partial charge in [0, 0.05) is 62.5 Å². The van der Waals surface area contributed by atoms with E-state index in [-0.39, 0.29) is 5.91 Å². The zero-order valence-corrected chi connectivity index (χ0v) is 14.2. The molecule has 0 radical (unpaired) electrons. The van der Waals surface area contributed by atoms with Crippen LogP contribution in [0.15, 0.2) is 23.0 Å². The van der Waals surface area contributed by atoms with Gasteiger partial charge in [0.25, 0.3) is 5.91 Å². The summed E-state index contributed by atoms with van der Waals surface area (Å²) in [4.78, 5) is 17.2. The van der Waals surface area contributed by atoms with Crippen LogP contribution in [-0.2, 0) is 26.1 Å². The maximum atomic E-state index is 12.9. The highest BCUT2D eigenvalue weighted by atomic mass is 16.3. The Balaban J connectivity index is 1.60. The van der Waals surface area contributed by atoms with Gasteiger partial charge in [-0.15, -0.1) is 0 Å². The summed E-state index contributed by atoms with van der Waals surface area (Å²) in [6.07, 6.45) is 6.66. The molecule has 1 amide bonds. The van der Waals surface area contributed by atoms with Crippen LogP contribution >= 0.6 is 0 Å². The lowest BCUT2D eigenvalue weighted by atomic mass is 10.0. The number of hydrogen-bond donors (Lipinski definition) is 0. The lowest BCUT2D eigenvalue weighted by Gasteiger charge is -2.27. The maximum absolute atomic E-state index is 12.9. The van der Waals surface area contributed by atoms with E-state index in [9.17, 15) is 4.79 Å². The largest absolute Gasteiger partial charge is 0.472 e. The molecular formula is C18H24N4O2. The number of amides is 1. The number of furan rings is 1. The van der Waals surface area contributed by atoms with Crippen molar-refractivity contribution in [3.63, 3.8) is 0 Å². The molecule has 1 fully saturated rings. The Hall–Kier alpha value is -2.08. The van der Waals surface area contributed by atoms with Crippen molar-refractivity contribution in [1.29, 1.82) is 0 Å². The van der Waals surface area contributed by atoms with Gasteiger partial charge < -0.3 is 9.32 Å². The number of aryl methyl sites for hydroxylation is 1. The van der Waals surface area contributed by atoms with E-state index in [1.807, 2.05) is 15.6 Å². The summed E-state index contributed by atoms with van der Waals surface area (Å²) in [5.41, 5.74) is 4.21. The molecule has 2 aromatic heterocycles. The molecule has 0 spiro atoms. The summed E-state index contributed by atoms with van der Waals surface area (Å²) < 4.78 is 7.19. The first-order valence-corrected chi connectivity index (χ1v) is 8.87. The van der Waals surface area contributed by atoms with Gasteiger partial charge in [-0.05, 0) is 25.8 Å². The van der Waals surface area contributed by atoms with Crippen LogP contribution in [0.3, 0.4) is 0 Å². The molecule has 0 atom stereocenters. The Labute approximate surface area is 142 Å². The SMILES string of the molecule is CCn1nc(C(=O)N2CCCC2)c2c1CCN(Cc1ccoc1)C2. The smallest absolute Gasteiger partial charge is 0.274 e. The van der Waals surface area contributed by atoms with Crippen LogP contribution in [0.2, 0.25) is 0 Å². The summed E-state index contributed by atoms with van der Waals surface area (Å²) in [7, 11) is 0. The van der Waals surface area contributed by atoms with Crippen molar-refractivity contribution in [2.75, 3.05) is 19.6 Å². The average Bonchev–Trinajstić information content (AvgIpc) is 3.34. The van der Waals surface area contributed by atoms with Crippen LogP contribution < -0.4 is 0 Å². The highest BCUT2D eigenvalue weighted by Gasteiger charge is 2.30. The second-order valence-electron chi connectivity index (χ2n) is 6.68. The molecule has 0 bridgehead atoms. The molecule has 24 heavy (non-hydrogen) atoms. The van der Waals surface area contributed by atoms with Gasteiger partial charge in [0.05, 0.1) is 12.5 Å². The van der Waals surface area contributed by atoms with Gasteiger partial charge in [-0.2, -0.15) is 5.10 Å². The van der Waals surface area contributed by atoms with E-state index in [1.54, 1.807) is 12.5 Å². The van der Waals surface area contributed by atoms with Crippen LogP contribution in [0.5, 0.6) is 0 Å². The highest BCUT2D eigenvalue weighted by Crippen LogP contribution is 2.26. The fourth-order valence-corrected chi connectivity index (χ4v) is 3.83. The van der Waals surface area contributed by atoms with E-state index in [0.717, 1.165) is 64.1 Å². The summed E-state index contributed by atoms with van der Waals surface area (Å²) >= 11 is 0. The Morgan fingerprint density at radius 1 is 1.29 bits per heavy atom. The molecule has 4 rings (SSSR count). The summed E-state index contributed by atoms with van der Waals surface area (Å²) in [5, 5.41) is 4.67. The summed E-state index contributed by atoms with van der Waals surface area (Å²) in [5.74, 6) is 0.112. The molecule has 0 unspecified atom stereocenters. The van der Waals surface area contributed by atoms with E-state index < -0.39 is 0 Å². The Kier molecular flexibility index (Phi) is 4.14. The number of nitrogens with zero attached hydrogens (tertiary/aromatic N) is 4. The Morgan fingerprint density at radius 2 is 2.12 bits per heavy atom. The average molecular weight is 328 g/mol. The van der Waals surface area contributed by atoms with E-state index >= 15 is 0 Å². The van der Waals surface area contributed by atoms with Crippen molar-refractivity contribution >= 4 is 5.91 Å². The van der Waals surface area contributed by atoms with Crippen molar-refractivity contribution < 1.29 is 9.21 Å². The predicted octanol–water partition coefficient (Wildman–Crippen LogP) is 2.29. The first-order valence-electron chi connectivity index (χ1n) is 8.87. The van der Waals surface area contributed by atoms with Crippen molar-refractivity contribution in [3.8, 4) is 0 Å². The molecule has 6 heteroatoms. The van der Waals surface area contributed by atoms with Gasteiger partial charge in [0.15, 0.2) is 5.69 Å². The molecule has 4 heterocycles. The van der Waals surface area contributed by atoms with Crippen LogP contribution in [0.1, 0.15) is 47.1 Å². The van der Waals surface area contributed by atoms with Gasteiger partial charge >= 0.3 is 0 Å². The van der Waals surface area contributed by atoms with Crippen molar-refractivity contribution in [3.05, 3.63) is 41.1 Å². The number of fused-ring (bicyclic) bond motifs is 1. The second-order valence-corrected chi connectivity index (χ2v) is 6.68. The van der Waals surface area contributed by atoms with Crippen LogP contribution in [0.4, 0.5) is 0 Å². The predicted molar refractivity (Wildman–Crippen MR) is 89.6 cm³/mol. The molecule has 0 aromatic carbocycles. The molecular weight excluding hydrogens is 304 g/mol. The van der Waals surface area contributed by atoms with Gasteiger partial charge in [-0.3, -0.25) is 14.4 Å². The molecule has 1 saturated heterocycles. The first kappa shape index (κ1) is 15.4. The van der Waals surface area contributed by atoms with E-state index in [0.29, 0.717) is 5.69 Å². The number of hydrogen-bond acceptors (Lipinski definition) is 4. The normalized spacial score (nSPS) is 18.1. The van der Waals surface area contributed by atoms with Gasteiger partial charge in [0.2, 0.25) is 0 Å². The minimum Gasteiger partial charge on any atom is -0.472 e. The van der Waals surface area contributed by atoms with Crippen LogP contribution in [-0.4, -0.2) is 45.1 Å². The number of aromatic nitrogens is 2. The number of carbonyl (C=O) groups excluding carboxylic acids is 1. The fraction of sp³-hybridized carbons (Fsp3) is 0.556. The van der Waals surface area contributed by atoms with Crippen LogP contribution in [0.25, 0.3) is 0 Å². The molecule has 6 nitrogen and oxygen atoms in total. The molecule has 2 aliphatic rings. The quantitative estimate of drug-likeness (QED) is 0.864. The Morgan fingerprint density at radius 3 is 2.83 bits per heavy atom. The standard InChI is InChI=1S/C18H24N4O2/c1-2-22-16-5-9-20(11-14-6-10-24-13-14)12-15(16)17(19-22)18(23)21-7-3-4-8-21/h6,10,13H,2-5,7-9,11-12H2,1H3. The topological polar surface area (TPSA) is 54.5 Å². The summed E-state index contributed by atoms with van der Waals surface area (Å²) in [6, 6.07) is 2.00. The maximum Gasteiger partial charge on any atom is 0.274 e. The third-order valence-corrected chi connectivity index (χ3v) is 5.09. The third kappa shape index (κ3) is 2.75. The van der Waals surface area contributed by atoms with E-state index in [1.165, 1.54) is 11.3 Å². The monoisotopic (exact) mass is 328 g/mol. The van der Waals surface area contributed by atoms with Crippen molar-refractivity contribution in [1.82, 2.24) is 19.6 Å². The highest BCUT2D eigenvalue weighted by molar-refractivity contribution is 5.94. The van der Waals surface area contributed by atoms with Crippen molar-refractivity contribution in [2.45, 2.75) is 45.8 Å². The van der Waals surface area contributed by atoms with Crippen molar-refractivity contribution in [2.24, 2.45) is 0 Å². The summed E-state index contributed by atoms with van der Waals surface area (Å²) in [6.45, 7) is 7.27. The minimum atomic E-state index is 0.112. The lowest BCUT2D eigenvalue weighted by Crippen LogP contribution is -2.33.